The minimum Gasteiger partial charge on any atom is -0.399 e. The third kappa shape index (κ3) is 3.27. The number of amidine groups is 1. The van der Waals surface area contributed by atoms with Crippen LogP contribution in [0.2, 0.25) is 0 Å². The fourth-order valence-electron chi connectivity index (χ4n) is 3.27. The number of ketones is 1. The molecule has 0 aliphatic carbocycles. The van der Waals surface area contributed by atoms with E-state index in [2.05, 4.69) is 28.8 Å². The molecule has 1 amide bonds. The molecule has 2 aromatic carbocycles. The number of carbonyl (C=O) groups excluding carboxylic acids is 2. The van der Waals surface area contributed by atoms with Crippen molar-refractivity contribution in [2.45, 2.75) is 0 Å². The first kappa shape index (κ1) is 18.2. The van der Waals surface area contributed by atoms with Gasteiger partial charge in [-0.25, -0.2) is 4.99 Å². The summed E-state index contributed by atoms with van der Waals surface area (Å²) in [6, 6.07) is 14.4. The second-order valence-corrected chi connectivity index (χ2v) is 6.61. The maximum atomic E-state index is 13.1. The number of nitrogens with two attached hydrogens (primary N) is 1. The van der Waals surface area contributed by atoms with Crippen molar-refractivity contribution >= 4 is 28.9 Å². The summed E-state index contributed by atoms with van der Waals surface area (Å²) in [4.78, 5) is 30.3. The van der Waals surface area contributed by atoms with E-state index in [4.69, 9.17) is 5.73 Å². The van der Waals surface area contributed by atoms with Gasteiger partial charge in [-0.3, -0.25) is 9.59 Å². The van der Waals surface area contributed by atoms with Crippen LogP contribution in [0, 0.1) is 0 Å². The number of aliphatic imine (C=N–C) groups is 1. The first-order valence-electron chi connectivity index (χ1n) is 8.92. The van der Waals surface area contributed by atoms with Crippen molar-refractivity contribution < 1.29 is 9.59 Å². The number of hydrogen-bond acceptors (Lipinski definition) is 4. The molecule has 0 radical (unpaired) electrons. The van der Waals surface area contributed by atoms with Crippen molar-refractivity contribution in [1.29, 1.82) is 0 Å². The Kier molecular flexibility index (Phi) is 4.44. The molecule has 0 bridgehead atoms. The van der Waals surface area contributed by atoms with Crippen LogP contribution in [0.1, 0.15) is 21.5 Å². The van der Waals surface area contributed by atoms with Crippen LogP contribution in [0.4, 0.5) is 5.69 Å². The van der Waals surface area contributed by atoms with E-state index in [1.54, 1.807) is 36.4 Å². The number of fused-ring (bicyclic) bond motifs is 2. The molecule has 0 atom stereocenters. The number of amides is 1. The van der Waals surface area contributed by atoms with Crippen LogP contribution in [0.15, 0.2) is 95.8 Å². The number of anilines is 1. The number of benzene rings is 2. The summed E-state index contributed by atoms with van der Waals surface area (Å²) in [5.74, 6) is -0.286. The van der Waals surface area contributed by atoms with E-state index in [-0.39, 0.29) is 11.4 Å². The highest BCUT2D eigenvalue weighted by Crippen LogP contribution is 2.33. The lowest BCUT2D eigenvalue weighted by atomic mass is 9.93. The highest BCUT2D eigenvalue weighted by molar-refractivity contribution is 6.38. The van der Waals surface area contributed by atoms with Gasteiger partial charge in [0.25, 0.3) is 5.91 Å². The average molecular weight is 382 g/mol. The van der Waals surface area contributed by atoms with Gasteiger partial charge in [-0.15, -0.1) is 0 Å². The molecular formula is C23H18N4O2. The second kappa shape index (κ2) is 7.09. The zero-order valence-corrected chi connectivity index (χ0v) is 15.5. The van der Waals surface area contributed by atoms with E-state index in [0.717, 1.165) is 11.1 Å². The molecule has 0 fully saturated rings. The van der Waals surface area contributed by atoms with Gasteiger partial charge in [-0.05, 0) is 24.3 Å². The third-order valence-electron chi connectivity index (χ3n) is 4.56. The van der Waals surface area contributed by atoms with E-state index in [0.29, 0.717) is 34.2 Å². The fourth-order valence-corrected chi connectivity index (χ4v) is 3.27. The molecule has 4 rings (SSSR count). The molecule has 0 spiro atoms. The highest BCUT2D eigenvalue weighted by Gasteiger charge is 2.35. The number of Topliss-reactive ketones (excluding diaryl/α,β-unsaturated/α-hetero) is 1. The number of nitrogens with one attached hydrogen (secondary N) is 2. The van der Waals surface area contributed by atoms with Crippen LogP contribution in [0.25, 0.3) is 5.70 Å². The van der Waals surface area contributed by atoms with Gasteiger partial charge in [-0.1, -0.05) is 49.6 Å². The predicted molar refractivity (Wildman–Crippen MR) is 114 cm³/mol. The van der Waals surface area contributed by atoms with Crippen LogP contribution in [0.5, 0.6) is 0 Å². The Balaban J connectivity index is 1.82. The van der Waals surface area contributed by atoms with Gasteiger partial charge in [0.15, 0.2) is 0 Å². The molecule has 6 nitrogen and oxygen atoms in total. The van der Waals surface area contributed by atoms with Crippen molar-refractivity contribution in [3.8, 4) is 0 Å². The smallest absolute Gasteiger partial charge is 0.261 e. The zero-order chi connectivity index (χ0) is 20.5. The van der Waals surface area contributed by atoms with Crippen LogP contribution in [-0.2, 0) is 4.79 Å². The number of nitrogens with zero attached hydrogens (tertiary/aromatic N) is 1. The van der Waals surface area contributed by atoms with Gasteiger partial charge >= 0.3 is 0 Å². The average Bonchev–Trinajstić information content (AvgIpc) is 3.05. The minimum atomic E-state index is -0.453. The first-order valence-corrected chi connectivity index (χ1v) is 8.92. The van der Waals surface area contributed by atoms with E-state index >= 15 is 0 Å². The van der Waals surface area contributed by atoms with Gasteiger partial charge < -0.3 is 16.4 Å². The molecule has 2 aliphatic rings. The molecule has 29 heavy (non-hydrogen) atoms. The largest absolute Gasteiger partial charge is 0.399 e. The molecule has 0 saturated heterocycles. The lowest BCUT2D eigenvalue weighted by Gasteiger charge is -2.19. The molecule has 6 heteroatoms. The SMILES string of the molecule is C=C(N)/C=C\C(=C)/N=C1\N/C(=C2/C(=O)Nc3ccccc3C2=O)c2ccccc21. The molecule has 2 aliphatic heterocycles. The van der Waals surface area contributed by atoms with E-state index in [1.807, 2.05) is 24.3 Å². The molecule has 2 heterocycles. The molecule has 2 aromatic rings. The number of allylic oxidation sites excluding steroid dienone is 2. The Labute approximate surface area is 167 Å². The van der Waals surface area contributed by atoms with Crippen LogP contribution < -0.4 is 16.4 Å². The third-order valence-corrected chi connectivity index (χ3v) is 4.56. The van der Waals surface area contributed by atoms with E-state index < -0.39 is 5.91 Å². The summed E-state index contributed by atoms with van der Waals surface area (Å²) < 4.78 is 0. The number of carbonyl (C=O) groups is 2. The Hall–Kier alpha value is -4.19. The quantitative estimate of drug-likeness (QED) is 0.432. The predicted octanol–water partition coefficient (Wildman–Crippen LogP) is 3.12. The summed E-state index contributed by atoms with van der Waals surface area (Å²) in [7, 11) is 0. The molecule has 0 saturated carbocycles. The monoisotopic (exact) mass is 382 g/mol. The standard InChI is InChI=1S/C23H18N4O2/c1-13(24)11-12-14(2)25-22-16-8-4-3-7-15(16)20(27-22)19-21(28)17-9-5-6-10-18(17)26-23(19)29/h3-12H,1-2,24H2,(H,25,27)(H,26,29)/b12-11-,20-19+. The van der Waals surface area contributed by atoms with Crippen molar-refractivity contribution in [3.63, 3.8) is 0 Å². The zero-order valence-electron chi connectivity index (χ0n) is 15.5. The Morgan fingerprint density at radius 2 is 1.55 bits per heavy atom. The molecule has 0 unspecified atom stereocenters. The summed E-state index contributed by atoms with van der Waals surface area (Å²) >= 11 is 0. The molecule has 4 N–H and O–H groups in total. The first-order chi connectivity index (χ1) is 14.0. The van der Waals surface area contributed by atoms with Crippen molar-refractivity contribution in [3.05, 3.63) is 107 Å². The Bertz CT molecular complexity index is 1180. The molecule has 142 valence electrons. The Morgan fingerprint density at radius 1 is 0.897 bits per heavy atom. The van der Waals surface area contributed by atoms with Gasteiger partial charge in [0, 0.05) is 22.4 Å². The number of para-hydroxylation sites is 1. The maximum Gasteiger partial charge on any atom is 0.261 e. The molecule has 0 aromatic heterocycles. The van der Waals surface area contributed by atoms with Crippen molar-refractivity contribution in [1.82, 2.24) is 5.32 Å². The van der Waals surface area contributed by atoms with E-state index in [1.165, 1.54) is 0 Å². The topological polar surface area (TPSA) is 96.6 Å². The Morgan fingerprint density at radius 3 is 2.28 bits per heavy atom. The lowest BCUT2D eigenvalue weighted by molar-refractivity contribution is -0.112. The summed E-state index contributed by atoms with van der Waals surface area (Å²) in [5, 5.41) is 5.92. The van der Waals surface area contributed by atoms with Gasteiger partial charge in [0.2, 0.25) is 5.78 Å². The van der Waals surface area contributed by atoms with E-state index in [9.17, 15) is 9.59 Å². The molecular weight excluding hydrogens is 364 g/mol. The van der Waals surface area contributed by atoms with Crippen LogP contribution in [0.3, 0.4) is 0 Å². The van der Waals surface area contributed by atoms with Gasteiger partial charge in [0.05, 0.1) is 17.1 Å². The second-order valence-electron chi connectivity index (χ2n) is 6.61. The highest BCUT2D eigenvalue weighted by atomic mass is 16.2. The fraction of sp³-hybridized carbons (Fsp3) is 0. The summed E-state index contributed by atoms with van der Waals surface area (Å²) in [5.41, 5.74) is 9.31. The normalized spacial score (nSPS) is 19.0. The van der Waals surface area contributed by atoms with Gasteiger partial charge in [-0.2, -0.15) is 0 Å². The maximum absolute atomic E-state index is 13.1. The van der Waals surface area contributed by atoms with Crippen molar-refractivity contribution in [2.24, 2.45) is 10.7 Å². The van der Waals surface area contributed by atoms with Crippen LogP contribution in [-0.4, -0.2) is 17.5 Å². The summed E-state index contributed by atoms with van der Waals surface area (Å²) in [6.07, 6.45) is 3.24. The number of hydrogen-bond donors (Lipinski definition) is 3. The van der Waals surface area contributed by atoms with Crippen molar-refractivity contribution in [2.75, 3.05) is 5.32 Å². The van der Waals surface area contributed by atoms with Crippen LogP contribution >= 0.6 is 0 Å². The summed E-state index contributed by atoms with van der Waals surface area (Å²) in [6.45, 7) is 7.49. The minimum absolute atomic E-state index is 0.0536. The lowest BCUT2D eigenvalue weighted by Crippen LogP contribution is -2.30. The van der Waals surface area contributed by atoms with Gasteiger partial charge in [0.1, 0.15) is 11.4 Å². The number of rotatable bonds is 3.